The van der Waals surface area contributed by atoms with Crippen molar-refractivity contribution in [1.82, 2.24) is 9.78 Å². The van der Waals surface area contributed by atoms with Crippen LogP contribution in [0.1, 0.15) is 16.1 Å². The predicted octanol–water partition coefficient (Wildman–Crippen LogP) is 2.87. The number of aldehydes is 1. The standard InChI is InChI=1S/C15H16N2O2/c1-4-7-17-12(10-18)9-14(16-17)13-8-11(2)5-6-15(13)19-3/h4-6,8-10H,1,7H2,2-3H3. The molecule has 2 rings (SSSR count). The van der Waals surface area contributed by atoms with E-state index in [9.17, 15) is 4.79 Å². The Morgan fingerprint density at radius 1 is 1.42 bits per heavy atom. The van der Waals surface area contributed by atoms with Gasteiger partial charge >= 0.3 is 0 Å². The van der Waals surface area contributed by atoms with Gasteiger partial charge in [-0.15, -0.1) is 6.58 Å². The molecule has 0 saturated carbocycles. The van der Waals surface area contributed by atoms with Crippen LogP contribution in [0.3, 0.4) is 0 Å². The van der Waals surface area contributed by atoms with E-state index in [-0.39, 0.29) is 0 Å². The van der Waals surface area contributed by atoms with Crippen molar-refractivity contribution in [3.63, 3.8) is 0 Å². The van der Waals surface area contributed by atoms with E-state index in [4.69, 9.17) is 4.74 Å². The summed E-state index contributed by atoms with van der Waals surface area (Å²) in [4.78, 5) is 11.0. The maximum Gasteiger partial charge on any atom is 0.168 e. The van der Waals surface area contributed by atoms with Crippen molar-refractivity contribution in [2.24, 2.45) is 0 Å². The Kier molecular flexibility index (Phi) is 3.80. The van der Waals surface area contributed by atoms with Gasteiger partial charge in [-0.3, -0.25) is 9.48 Å². The molecule has 98 valence electrons. The number of aryl methyl sites for hydroxylation is 1. The van der Waals surface area contributed by atoms with Crippen LogP contribution in [0.5, 0.6) is 5.75 Å². The van der Waals surface area contributed by atoms with Crippen molar-refractivity contribution >= 4 is 6.29 Å². The van der Waals surface area contributed by atoms with Gasteiger partial charge in [0.1, 0.15) is 11.4 Å². The molecule has 0 aliphatic heterocycles. The Morgan fingerprint density at radius 2 is 2.21 bits per heavy atom. The van der Waals surface area contributed by atoms with Crippen LogP contribution in [0.25, 0.3) is 11.3 Å². The summed E-state index contributed by atoms with van der Waals surface area (Å²) in [6.45, 7) is 6.17. The van der Waals surface area contributed by atoms with Crippen molar-refractivity contribution in [2.45, 2.75) is 13.5 Å². The molecule has 0 amide bonds. The molecule has 0 spiro atoms. The van der Waals surface area contributed by atoms with E-state index < -0.39 is 0 Å². The van der Waals surface area contributed by atoms with E-state index in [2.05, 4.69) is 11.7 Å². The monoisotopic (exact) mass is 256 g/mol. The molecule has 4 heteroatoms. The summed E-state index contributed by atoms with van der Waals surface area (Å²) >= 11 is 0. The first-order valence-electron chi connectivity index (χ1n) is 5.98. The number of benzene rings is 1. The van der Waals surface area contributed by atoms with E-state index in [1.807, 2.05) is 25.1 Å². The molecule has 1 aromatic carbocycles. The summed E-state index contributed by atoms with van der Waals surface area (Å²) in [7, 11) is 1.62. The van der Waals surface area contributed by atoms with Gasteiger partial charge in [-0.05, 0) is 25.1 Å². The Labute approximate surface area is 112 Å². The number of aromatic nitrogens is 2. The highest BCUT2D eigenvalue weighted by atomic mass is 16.5. The summed E-state index contributed by atoms with van der Waals surface area (Å²) in [6, 6.07) is 7.63. The summed E-state index contributed by atoms with van der Waals surface area (Å²) in [5.41, 5.74) is 3.25. The van der Waals surface area contributed by atoms with E-state index in [0.717, 1.165) is 28.9 Å². The largest absolute Gasteiger partial charge is 0.496 e. The third kappa shape index (κ3) is 2.57. The van der Waals surface area contributed by atoms with Crippen molar-refractivity contribution < 1.29 is 9.53 Å². The molecular weight excluding hydrogens is 240 g/mol. The van der Waals surface area contributed by atoms with Crippen LogP contribution in [0.2, 0.25) is 0 Å². The fraction of sp³-hybridized carbons (Fsp3) is 0.200. The topological polar surface area (TPSA) is 44.1 Å². The second-order valence-corrected chi connectivity index (χ2v) is 4.25. The maximum atomic E-state index is 11.0. The van der Waals surface area contributed by atoms with E-state index in [1.165, 1.54) is 0 Å². The van der Waals surface area contributed by atoms with Gasteiger partial charge < -0.3 is 4.74 Å². The van der Waals surface area contributed by atoms with Crippen LogP contribution in [-0.4, -0.2) is 23.2 Å². The minimum Gasteiger partial charge on any atom is -0.496 e. The lowest BCUT2D eigenvalue weighted by Gasteiger charge is -2.07. The molecular formula is C15H16N2O2. The molecule has 0 fully saturated rings. The minimum absolute atomic E-state index is 0.502. The first-order valence-corrected chi connectivity index (χ1v) is 5.98. The average Bonchev–Trinajstić information content (AvgIpc) is 2.82. The minimum atomic E-state index is 0.502. The summed E-state index contributed by atoms with van der Waals surface area (Å²) in [5.74, 6) is 0.742. The lowest BCUT2D eigenvalue weighted by atomic mass is 10.1. The van der Waals surface area contributed by atoms with Crippen molar-refractivity contribution in [3.8, 4) is 17.0 Å². The smallest absolute Gasteiger partial charge is 0.168 e. The van der Waals surface area contributed by atoms with Gasteiger partial charge in [0.25, 0.3) is 0 Å². The van der Waals surface area contributed by atoms with E-state index in [0.29, 0.717) is 12.2 Å². The molecule has 4 nitrogen and oxygen atoms in total. The van der Waals surface area contributed by atoms with Crippen LogP contribution in [0, 0.1) is 6.92 Å². The Balaban J connectivity index is 2.55. The van der Waals surface area contributed by atoms with Crippen LogP contribution in [0.15, 0.2) is 36.9 Å². The number of ether oxygens (including phenoxy) is 1. The average molecular weight is 256 g/mol. The second kappa shape index (κ2) is 5.52. The molecule has 0 radical (unpaired) electrons. The van der Waals surface area contributed by atoms with Crippen LogP contribution < -0.4 is 4.74 Å². The number of allylic oxidation sites excluding steroid dienone is 1. The fourth-order valence-electron chi connectivity index (χ4n) is 1.95. The number of hydrogen-bond donors (Lipinski definition) is 0. The maximum absolute atomic E-state index is 11.0. The molecule has 0 saturated heterocycles. The highest BCUT2D eigenvalue weighted by molar-refractivity contribution is 5.77. The normalized spacial score (nSPS) is 10.2. The van der Waals surface area contributed by atoms with Crippen molar-refractivity contribution in [2.75, 3.05) is 7.11 Å². The number of carbonyl (C=O) groups is 1. The second-order valence-electron chi connectivity index (χ2n) is 4.25. The molecule has 0 bridgehead atoms. The van der Waals surface area contributed by atoms with Gasteiger partial charge in [-0.1, -0.05) is 17.7 Å². The highest BCUT2D eigenvalue weighted by Crippen LogP contribution is 2.30. The van der Waals surface area contributed by atoms with Crippen LogP contribution >= 0.6 is 0 Å². The molecule has 0 N–H and O–H groups in total. The van der Waals surface area contributed by atoms with Gasteiger partial charge in [0, 0.05) is 5.56 Å². The summed E-state index contributed by atoms with van der Waals surface area (Å²) < 4.78 is 6.96. The lowest BCUT2D eigenvalue weighted by molar-refractivity contribution is 0.111. The number of methoxy groups -OCH3 is 1. The number of hydrogen-bond acceptors (Lipinski definition) is 3. The number of nitrogens with zero attached hydrogens (tertiary/aromatic N) is 2. The first-order chi connectivity index (χ1) is 9.19. The number of rotatable bonds is 5. The number of carbonyl (C=O) groups excluding carboxylic acids is 1. The first kappa shape index (κ1) is 13.1. The quantitative estimate of drug-likeness (QED) is 0.610. The van der Waals surface area contributed by atoms with Gasteiger partial charge in [-0.25, -0.2) is 0 Å². The Hall–Kier alpha value is -2.36. The third-order valence-corrected chi connectivity index (χ3v) is 2.86. The van der Waals surface area contributed by atoms with Crippen LogP contribution in [-0.2, 0) is 6.54 Å². The van der Waals surface area contributed by atoms with Gasteiger partial charge in [0.15, 0.2) is 6.29 Å². The molecule has 0 aliphatic rings. The van der Waals surface area contributed by atoms with Gasteiger partial charge in [0.05, 0.1) is 19.3 Å². The zero-order valence-electron chi connectivity index (χ0n) is 11.1. The Morgan fingerprint density at radius 3 is 2.84 bits per heavy atom. The molecule has 0 atom stereocenters. The molecule has 19 heavy (non-hydrogen) atoms. The van der Waals surface area contributed by atoms with Gasteiger partial charge in [-0.2, -0.15) is 5.10 Å². The van der Waals surface area contributed by atoms with Crippen LogP contribution in [0.4, 0.5) is 0 Å². The zero-order chi connectivity index (χ0) is 13.8. The van der Waals surface area contributed by atoms with Crippen molar-refractivity contribution in [1.29, 1.82) is 0 Å². The van der Waals surface area contributed by atoms with Gasteiger partial charge in [0.2, 0.25) is 0 Å². The predicted molar refractivity (Wildman–Crippen MR) is 74.5 cm³/mol. The summed E-state index contributed by atoms with van der Waals surface area (Å²) in [6.07, 6.45) is 2.50. The SMILES string of the molecule is C=CCn1nc(-c2cc(C)ccc2OC)cc1C=O. The lowest BCUT2D eigenvalue weighted by Crippen LogP contribution is -2.02. The third-order valence-electron chi connectivity index (χ3n) is 2.86. The molecule has 1 heterocycles. The molecule has 1 aromatic heterocycles. The molecule has 0 aliphatic carbocycles. The summed E-state index contributed by atoms with van der Waals surface area (Å²) in [5, 5.41) is 4.42. The fourth-order valence-corrected chi connectivity index (χ4v) is 1.95. The molecule has 0 unspecified atom stereocenters. The Bertz CT molecular complexity index is 615. The van der Waals surface area contributed by atoms with E-state index in [1.54, 1.807) is 23.9 Å². The molecule has 2 aromatic rings. The van der Waals surface area contributed by atoms with E-state index >= 15 is 0 Å². The zero-order valence-corrected chi connectivity index (χ0v) is 11.1. The van der Waals surface area contributed by atoms with Crippen molar-refractivity contribution in [3.05, 3.63) is 48.2 Å². The highest BCUT2D eigenvalue weighted by Gasteiger charge is 2.12.